The summed E-state index contributed by atoms with van der Waals surface area (Å²) in [5, 5.41) is 3.11. The highest BCUT2D eigenvalue weighted by Crippen LogP contribution is 2.59. The lowest BCUT2D eigenvalue weighted by molar-refractivity contribution is -0.123. The first-order valence-electron chi connectivity index (χ1n) is 11.4. The number of hydrogen-bond donors (Lipinski definition) is 1. The molecule has 0 unspecified atom stereocenters. The van der Waals surface area contributed by atoms with Crippen LogP contribution in [0.5, 0.6) is 5.75 Å². The van der Waals surface area contributed by atoms with E-state index in [1.807, 2.05) is 35.2 Å². The Bertz CT molecular complexity index is 952. The van der Waals surface area contributed by atoms with Gasteiger partial charge < -0.3 is 15.0 Å². The van der Waals surface area contributed by atoms with E-state index in [4.69, 9.17) is 4.74 Å². The predicted octanol–water partition coefficient (Wildman–Crippen LogP) is 3.64. The number of aryl methyl sites for hydroxylation is 1. The van der Waals surface area contributed by atoms with Crippen molar-refractivity contribution in [1.82, 2.24) is 15.2 Å². The summed E-state index contributed by atoms with van der Waals surface area (Å²) in [7, 11) is 0. The molecule has 0 radical (unpaired) electrons. The highest BCUT2D eigenvalue weighted by molar-refractivity contribution is 5.94. The third-order valence-corrected chi connectivity index (χ3v) is 6.69. The fraction of sp³-hybridized carbons (Fsp3) is 0.423. The van der Waals surface area contributed by atoms with Gasteiger partial charge in [-0.05, 0) is 73.4 Å². The van der Waals surface area contributed by atoms with Crippen LogP contribution in [0.25, 0.3) is 0 Å². The van der Waals surface area contributed by atoms with Gasteiger partial charge in [0.1, 0.15) is 12.4 Å². The third kappa shape index (κ3) is 5.18. The molecular weight excluding hydrogens is 402 g/mol. The Morgan fingerprint density at radius 1 is 1.22 bits per heavy atom. The molecule has 1 spiro atoms. The van der Waals surface area contributed by atoms with E-state index < -0.39 is 0 Å². The second-order valence-corrected chi connectivity index (χ2v) is 8.79. The van der Waals surface area contributed by atoms with Crippen molar-refractivity contribution in [1.29, 1.82) is 0 Å². The smallest absolute Gasteiger partial charge is 0.253 e. The average molecular weight is 434 g/mol. The van der Waals surface area contributed by atoms with Crippen molar-refractivity contribution in [3.63, 3.8) is 0 Å². The number of benzene rings is 1. The average Bonchev–Trinajstić information content (AvgIpc) is 3.54. The molecule has 2 fully saturated rings. The fourth-order valence-electron chi connectivity index (χ4n) is 4.66. The van der Waals surface area contributed by atoms with Crippen LogP contribution >= 0.6 is 0 Å². The fourth-order valence-corrected chi connectivity index (χ4v) is 4.66. The standard InChI is InChI=1S/C26H31N3O3/c1-2-17-32-22-7-3-6-21(18-22)25(31)29-15-10-26(11-16-29)19-23(26)24(30)28-12-4-5-20-8-13-27-14-9-20/h2-3,6-9,13-14,18,23H,1,4-5,10-12,15-17,19H2,(H,28,30)/t23-/m0/s1. The first kappa shape index (κ1) is 22.1. The molecule has 0 bridgehead atoms. The van der Waals surface area contributed by atoms with Crippen molar-refractivity contribution >= 4 is 11.8 Å². The molecule has 1 saturated carbocycles. The Morgan fingerprint density at radius 2 is 2.00 bits per heavy atom. The lowest BCUT2D eigenvalue weighted by atomic mass is 9.90. The number of nitrogens with one attached hydrogen (secondary N) is 1. The third-order valence-electron chi connectivity index (χ3n) is 6.69. The maximum absolute atomic E-state index is 12.9. The minimum absolute atomic E-state index is 0.0293. The summed E-state index contributed by atoms with van der Waals surface area (Å²) in [6, 6.07) is 11.3. The number of nitrogens with zero attached hydrogens (tertiary/aromatic N) is 2. The summed E-state index contributed by atoms with van der Waals surface area (Å²) >= 11 is 0. The van der Waals surface area contributed by atoms with Crippen molar-refractivity contribution in [3.8, 4) is 5.75 Å². The van der Waals surface area contributed by atoms with Crippen molar-refractivity contribution in [2.45, 2.75) is 32.1 Å². The number of piperidine rings is 1. The first-order chi connectivity index (χ1) is 15.6. The van der Waals surface area contributed by atoms with Gasteiger partial charge in [-0.1, -0.05) is 18.7 Å². The van der Waals surface area contributed by atoms with Gasteiger partial charge in [-0.3, -0.25) is 14.6 Å². The zero-order valence-electron chi connectivity index (χ0n) is 18.5. The van der Waals surface area contributed by atoms with Gasteiger partial charge >= 0.3 is 0 Å². The van der Waals surface area contributed by atoms with E-state index in [-0.39, 0.29) is 23.1 Å². The predicted molar refractivity (Wildman–Crippen MR) is 123 cm³/mol. The molecule has 2 aliphatic rings. The van der Waals surface area contributed by atoms with E-state index in [1.165, 1.54) is 5.56 Å². The van der Waals surface area contributed by atoms with Gasteiger partial charge in [-0.2, -0.15) is 0 Å². The molecule has 1 N–H and O–H groups in total. The second-order valence-electron chi connectivity index (χ2n) is 8.79. The number of ether oxygens (including phenoxy) is 1. The van der Waals surface area contributed by atoms with Crippen molar-refractivity contribution in [2.24, 2.45) is 11.3 Å². The molecule has 2 heterocycles. The van der Waals surface area contributed by atoms with Crippen LogP contribution in [0, 0.1) is 11.3 Å². The molecule has 1 aliphatic heterocycles. The summed E-state index contributed by atoms with van der Waals surface area (Å²) in [5.74, 6) is 0.969. The Morgan fingerprint density at radius 3 is 2.75 bits per heavy atom. The minimum atomic E-state index is 0.0293. The lowest BCUT2D eigenvalue weighted by Gasteiger charge is -2.33. The largest absolute Gasteiger partial charge is 0.490 e. The van der Waals surface area contributed by atoms with E-state index in [2.05, 4.69) is 16.9 Å². The molecule has 1 aliphatic carbocycles. The van der Waals surface area contributed by atoms with E-state index in [0.29, 0.717) is 37.6 Å². The molecule has 168 valence electrons. The van der Waals surface area contributed by atoms with Crippen molar-refractivity contribution in [2.75, 3.05) is 26.2 Å². The number of hydrogen-bond acceptors (Lipinski definition) is 4. The van der Waals surface area contributed by atoms with Gasteiger partial charge in [-0.15, -0.1) is 0 Å². The van der Waals surface area contributed by atoms with Crippen molar-refractivity contribution < 1.29 is 14.3 Å². The lowest BCUT2D eigenvalue weighted by Crippen LogP contribution is -2.40. The zero-order chi connectivity index (χ0) is 22.4. The van der Waals surface area contributed by atoms with E-state index in [0.717, 1.165) is 32.1 Å². The van der Waals surface area contributed by atoms with Gasteiger partial charge in [0.05, 0.1) is 0 Å². The van der Waals surface area contributed by atoms with Gasteiger partial charge in [-0.25, -0.2) is 0 Å². The van der Waals surface area contributed by atoms with Gasteiger partial charge in [0, 0.05) is 43.5 Å². The number of carbonyl (C=O) groups is 2. The first-order valence-corrected chi connectivity index (χ1v) is 11.4. The maximum Gasteiger partial charge on any atom is 0.253 e. The normalized spacial score (nSPS) is 18.8. The molecule has 32 heavy (non-hydrogen) atoms. The highest BCUT2D eigenvalue weighted by Gasteiger charge is 2.58. The van der Waals surface area contributed by atoms with Crippen LogP contribution < -0.4 is 10.1 Å². The topological polar surface area (TPSA) is 71.5 Å². The Hall–Kier alpha value is -3.15. The van der Waals surface area contributed by atoms with Crippen LogP contribution in [0.1, 0.15) is 41.6 Å². The highest BCUT2D eigenvalue weighted by atomic mass is 16.5. The maximum atomic E-state index is 12.9. The number of carbonyl (C=O) groups excluding carboxylic acids is 2. The van der Waals surface area contributed by atoms with Gasteiger partial charge in [0.2, 0.25) is 5.91 Å². The van der Waals surface area contributed by atoms with E-state index in [9.17, 15) is 9.59 Å². The SMILES string of the molecule is C=CCOc1cccc(C(=O)N2CCC3(CC2)C[C@H]3C(=O)NCCCc2ccncc2)c1. The summed E-state index contributed by atoms with van der Waals surface area (Å²) in [6.45, 7) is 6.15. The molecule has 1 aromatic carbocycles. The molecule has 4 rings (SSSR count). The van der Waals surface area contributed by atoms with Crippen LogP contribution in [0.4, 0.5) is 0 Å². The quantitative estimate of drug-likeness (QED) is 0.484. The summed E-state index contributed by atoms with van der Waals surface area (Å²) in [5.41, 5.74) is 1.97. The molecular formula is C26H31N3O3. The van der Waals surface area contributed by atoms with Crippen LogP contribution in [0.2, 0.25) is 0 Å². The summed E-state index contributed by atoms with van der Waals surface area (Å²) < 4.78 is 5.55. The number of aromatic nitrogens is 1. The number of likely N-dealkylation sites (tertiary alicyclic amines) is 1. The summed E-state index contributed by atoms with van der Waals surface area (Å²) in [6.07, 6.45) is 9.86. The summed E-state index contributed by atoms with van der Waals surface area (Å²) in [4.78, 5) is 31.5. The number of amides is 2. The second kappa shape index (κ2) is 9.98. The number of rotatable bonds is 9. The Balaban J connectivity index is 1.21. The van der Waals surface area contributed by atoms with E-state index >= 15 is 0 Å². The number of pyridine rings is 1. The van der Waals surface area contributed by atoms with Crippen LogP contribution in [-0.2, 0) is 11.2 Å². The zero-order valence-corrected chi connectivity index (χ0v) is 18.5. The Labute approximate surface area is 189 Å². The van der Waals surface area contributed by atoms with Crippen LogP contribution in [0.3, 0.4) is 0 Å². The van der Waals surface area contributed by atoms with Crippen molar-refractivity contribution in [3.05, 3.63) is 72.6 Å². The molecule has 6 nitrogen and oxygen atoms in total. The van der Waals surface area contributed by atoms with Crippen LogP contribution in [-0.4, -0.2) is 47.9 Å². The molecule has 1 aromatic heterocycles. The molecule has 1 saturated heterocycles. The minimum Gasteiger partial charge on any atom is -0.490 e. The van der Waals surface area contributed by atoms with E-state index in [1.54, 1.807) is 24.5 Å². The Kier molecular flexibility index (Phi) is 6.88. The monoisotopic (exact) mass is 433 g/mol. The molecule has 1 atom stereocenters. The van der Waals surface area contributed by atoms with Gasteiger partial charge in [0.15, 0.2) is 0 Å². The van der Waals surface area contributed by atoms with Crippen LogP contribution in [0.15, 0.2) is 61.4 Å². The molecule has 2 amide bonds. The van der Waals surface area contributed by atoms with Gasteiger partial charge in [0.25, 0.3) is 5.91 Å². The molecule has 2 aromatic rings. The molecule has 6 heteroatoms.